The maximum Gasteiger partial charge on any atom is 0.407 e. The van der Waals surface area contributed by atoms with Crippen LogP contribution < -0.4 is 5.32 Å². The number of fused-ring (bicyclic) bond motifs is 1. The van der Waals surface area contributed by atoms with Gasteiger partial charge in [0.15, 0.2) is 0 Å². The highest BCUT2D eigenvalue weighted by Gasteiger charge is 2.34. The molecule has 3 heterocycles. The van der Waals surface area contributed by atoms with E-state index < -0.39 is 5.60 Å². The van der Waals surface area contributed by atoms with Crippen LogP contribution in [-0.4, -0.2) is 52.1 Å². The van der Waals surface area contributed by atoms with Crippen LogP contribution >= 0.6 is 0 Å². The fraction of sp³-hybridized carbons (Fsp3) is 0.750. The molecule has 0 spiro atoms. The zero-order chi connectivity index (χ0) is 16.6. The molecular formula is C16H26N4O3. The minimum Gasteiger partial charge on any atom is -0.444 e. The number of amides is 1. The molecule has 2 N–H and O–H groups in total. The number of rotatable bonds is 2. The first-order chi connectivity index (χ1) is 10.8. The fourth-order valence-electron chi connectivity index (χ4n) is 3.19. The first-order valence-electron chi connectivity index (χ1n) is 8.16. The van der Waals surface area contributed by atoms with E-state index in [2.05, 4.69) is 27.3 Å². The van der Waals surface area contributed by atoms with E-state index in [0.29, 0.717) is 13.2 Å². The Bertz CT molecular complexity index is 578. The maximum atomic E-state index is 11.9. The maximum absolute atomic E-state index is 11.9. The molecule has 128 valence electrons. The number of ether oxygens (including phenoxy) is 2. The lowest BCUT2D eigenvalue weighted by Crippen LogP contribution is -2.50. The van der Waals surface area contributed by atoms with Gasteiger partial charge in [0.1, 0.15) is 5.60 Å². The molecule has 0 unspecified atom stereocenters. The number of aromatic nitrogens is 2. The smallest absolute Gasteiger partial charge is 0.407 e. The quantitative estimate of drug-likeness (QED) is 0.866. The number of hydrogen-bond donors (Lipinski definition) is 2. The molecule has 1 saturated heterocycles. The highest BCUT2D eigenvalue weighted by atomic mass is 16.6. The molecule has 2 aliphatic heterocycles. The van der Waals surface area contributed by atoms with Crippen molar-refractivity contribution >= 4 is 6.09 Å². The third-order valence-electron chi connectivity index (χ3n) is 4.30. The van der Waals surface area contributed by atoms with E-state index in [1.165, 1.54) is 5.56 Å². The number of H-pyrrole nitrogens is 1. The zero-order valence-corrected chi connectivity index (χ0v) is 14.3. The highest BCUT2D eigenvalue weighted by molar-refractivity contribution is 5.68. The van der Waals surface area contributed by atoms with Crippen LogP contribution in [0.3, 0.4) is 0 Å². The number of alkyl carbamates (subject to hydrolysis) is 1. The minimum absolute atomic E-state index is 0.0146. The van der Waals surface area contributed by atoms with Crippen molar-refractivity contribution in [2.75, 3.05) is 13.2 Å². The Morgan fingerprint density at radius 1 is 1.39 bits per heavy atom. The van der Waals surface area contributed by atoms with E-state index in [9.17, 15) is 4.79 Å². The molecule has 0 aromatic carbocycles. The van der Waals surface area contributed by atoms with Gasteiger partial charge >= 0.3 is 6.09 Å². The molecule has 0 radical (unpaired) electrons. The average molecular weight is 322 g/mol. The van der Waals surface area contributed by atoms with Gasteiger partial charge in [-0.2, -0.15) is 5.10 Å². The molecule has 2 atom stereocenters. The van der Waals surface area contributed by atoms with Crippen LogP contribution in [0.1, 0.15) is 44.1 Å². The van der Waals surface area contributed by atoms with Crippen molar-refractivity contribution in [1.82, 2.24) is 20.4 Å². The van der Waals surface area contributed by atoms with E-state index in [0.717, 1.165) is 30.9 Å². The van der Waals surface area contributed by atoms with E-state index in [-0.39, 0.29) is 18.2 Å². The summed E-state index contributed by atoms with van der Waals surface area (Å²) in [5.74, 6) is 0. The van der Waals surface area contributed by atoms with Gasteiger partial charge in [0, 0.05) is 30.4 Å². The number of nitrogens with zero attached hydrogens (tertiary/aromatic N) is 2. The number of carbonyl (C=O) groups excluding carboxylic acids is 1. The Morgan fingerprint density at radius 2 is 2.17 bits per heavy atom. The molecule has 3 rings (SSSR count). The molecule has 1 fully saturated rings. The van der Waals surface area contributed by atoms with E-state index in [1.54, 1.807) is 0 Å². The first kappa shape index (κ1) is 16.3. The van der Waals surface area contributed by atoms with Gasteiger partial charge in [-0.05, 0) is 34.1 Å². The second-order valence-electron chi connectivity index (χ2n) is 7.45. The lowest BCUT2D eigenvalue weighted by molar-refractivity contribution is -0.00815. The van der Waals surface area contributed by atoms with Crippen LogP contribution in [0.2, 0.25) is 0 Å². The molecule has 23 heavy (non-hydrogen) atoms. The third-order valence-corrected chi connectivity index (χ3v) is 4.30. The van der Waals surface area contributed by atoms with Gasteiger partial charge in [-0.1, -0.05) is 0 Å². The van der Waals surface area contributed by atoms with Crippen LogP contribution in [0, 0.1) is 6.92 Å². The summed E-state index contributed by atoms with van der Waals surface area (Å²) in [6.45, 7) is 10.6. The third kappa shape index (κ3) is 3.84. The molecule has 1 aromatic heterocycles. The molecular weight excluding hydrogens is 296 g/mol. The standard InChI is InChI=1S/C16H26N4O3/c1-10-13-6-20(7-14(13)19-18-10)12-5-11(8-22-9-12)17-15(21)23-16(2,3)4/h11-12H,5-9H2,1-4H3,(H,17,21)(H,18,19)/t11-,12+/m0/s1. The largest absolute Gasteiger partial charge is 0.444 e. The summed E-state index contributed by atoms with van der Waals surface area (Å²) in [5.41, 5.74) is 3.08. The van der Waals surface area contributed by atoms with Gasteiger partial charge in [-0.3, -0.25) is 10.00 Å². The molecule has 1 amide bonds. The summed E-state index contributed by atoms with van der Waals surface area (Å²) < 4.78 is 11.0. The lowest BCUT2D eigenvalue weighted by atomic mass is 10.0. The van der Waals surface area contributed by atoms with Gasteiger partial charge < -0.3 is 14.8 Å². The molecule has 0 bridgehead atoms. The Morgan fingerprint density at radius 3 is 2.87 bits per heavy atom. The molecule has 2 aliphatic rings. The minimum atomic E-state index is -0.486. The normalized spacial score (nSPS) is 25.2. The van der Waals surface area contributed by atoms with E-state index >= 15 is 0 Å². The summed E-state index contributed by atoms with van der Waals surface area (Å²) in [6, 6.07) is 0.275. The van der Waals surface area contributed by atoms with Crippen molar-refractivity contribution in [3.05, 3.63) is 17.0 Å². The monoisotopic (exact) mass is 322 g/mol. The van der Waals surface area contributed by atoms with Crippen LogP contribution in [0.15, 0.2) is 0 Å². The van der Waals surface area contributed by atoms with Gasteiger partial charge in [-0.15, -0.1) is 0 Å². The van der Waals surface area contributed by atoms with Crippen LogP contribution in [0.5, 0.6) is 0 Å². The van der Waals surface area contributed by atoms with Crippen molar-refractivity contribution in [1.29, 1.82) is 0 Å². The summed E-state index contributed by atoms with van der Waals surface area (Å²) >= 11 is 0. The summed E-state index contributed by atoms with van der Waals surface area (Å²) in [4.78, 5) is 14.3. The van der Waals surface area contributed by atoms with Crippen molar-refractivity contribution in [3.8, 4) is 0 Å². The molecule has 0 saturated carbocycles. The van der Waals surface area contributed by atoms with Crippen molar-refractivity contribution in [3.63, 3.8) is 0 Å². The predicted octanol–water partition coefficient (Wildman–Crippen LogP) is 1.72. The molecule has 0 aliphatic carbocycles. The SMILES string of the molecule is Cc1[nH]nc2c1CN([C@H]1COC[C@@H](NC(=O)OC(C)(C)C)C1)C2. The van der Waals surface area contributed by atoms with E-state index in [4.69, 9.17) is 9.47 Å². The molecule has 7 nitrogen and oxygen atoms in total. The second-order valence-corrected chi connectivity index (χ2v) is 7.45. The summed E-state index contributed by atoms with van der Waals surface area (Å²) in [7, 11) is 0. The highest BCUT2D eigenvalue weighted by Crippen LogP contribution is 2.28. The van der Waals surface area contributed by atoms with Crippen molar-refractivity contribution < 1.29 is 14.3 Å². The number of hydrogen-bond acceptors (Lipinski definition) is 5. The second kappa shape index (κ2) is 6.13. The number of nitrogens with one attached hydrogen (secondary N) is 2. The Labute approximate surface area is 136 Å². The number of aromatic amines is 1. The Kier molecular flexibility index (Phi) is 4.33. The first-order valence-corrected chi connectivity index (χ1v) is 8.16. The van der Waals surface area contributed by atoms with Gasteiger partial charge in [0.25, 0.3) is 0 Å². The van der Waals surface area contributed by atoms with Crippen molar-refractivity contribution in [2.45, 2.75) is 64.9 Å². The average Bonchev–Trinajstić information content (AvgIpc) is 2.99. The van der Waals surface area contributed by atoms with Gasteiger partial charge in [0.05, 0.1) is 24.9 Å². The zero-order valence-electron chi connectivity index (χ0n) is 14.3. The number of aryl methyl sites for hydroxylation is 1. The van der Waals surface area contributed by atoms with Crippen molar-refractivity contribution in [2.24, 2.45) is 0 Å². The topological polar surface area (TPSA) is 79.5 Å². The van der Waals surface area contributed by atoms with Crippen LogP contribution in [-0.2, 0) is 22.6 Å². The lowest BCUT2D eigenvalue weighted by Gasteiger charge is -2.35. The van der Waals surface area contributed by atoms with E-state index in [1.807, 2.05) is 20.8 Å². The number of carbonyl (C=O) groups is 1. The van der Waals surface area contributed by atoms with Crippen LogP contribution in [0.25, 0.3) is 0 Å². The van der Waals surface area contributed by atoms with Crippen LogP contribution in [0.4, 0.5) is 4.79 Å². The summed E-state index contributed by atoms with van der Waals surface area (Å²) in [5, 5.41) is 10.3. The Hall–Kier alpha value is -1.60. The molecule has 7 heteroatoms. The predicted molar refractivity (Wildman–Crippen MR) is 85.0 cm³/mol. The molecule has 1 aromatic rings. The Balaban J connectivity index is 1.54. The fourth-order valence-corrected chi connectivity index (χ4v) is 3.19. The van der Waals surface area contributed by atoms with Gasteiger partial charge in [-0.25, -0.2) is 4.79 Å². The summed E-state index contributed by atoms with van der Waals surface area (Å²) in [6.07, 6.45) is 0.490. The van der Waals surface area contributed by atoms with Gasteiger partial charge in [0.2, 0.25) is 0 Å².